The van der Waals surface area contributed by atoms with Gasteiger partial charge in [-0.05, 0) is 75.9 Å². The summed E-state index contributed by atoms with van der Waals surface area (Å²) in [4.78, 5) is 14.1. The van der Waals surface area contributed by atoms with Gasteiger partial charge in [-0.25, -0.2) is 15.0 Å². The summed E-state index contributed by atoms with van der Waals surface area (Å²) >= 11 is 0. The van der Waals surface area contributed by atoms with Crippen molar-refractivity contribution in [3.63, 3.8) is 0 Å². The first-order valence-electron chi connectivity index (χ1n) is 14.1. The van der Waals surface area contributed by atoms with Crippen LogP contribution < -0.4 is 4.74 Å². The van der Waals surface area contributed by atoms with Gasteiger partial charge in [0, 0.05) is 35.4 Å². The number of aromatic nitrogens is 4. The molecule has 5 nitrogen and oxygen atoms in total. The number of rotatable bonds is 4. The number of fused-ring (bicyclic) bond motifs is 3. The minimum atomic E-state index is -0.0128. The smallest absolute Gasteiger partial charge is 0.234 e. The standard InChI is InChI=1S/C36H36N4O/c1-23-16-25(18-28(17-23)41-33-20-26(14-15-37-33)35(2,3)4)24-12-13-30-29-10-8-9-11-31(29)40(32(30)19-24)34-38-21-27(22-39-34)36(5,6)7/h8-22H,1-7H3. The zero-order valence-corrected chi connectivity index (χ0v) is 24.9. The maximum absolute atomic E-state index is 6.29. The van der Waals surface area contributed by atoms with Crippen molar-refractivity contribution in [3.8, 4) is 28.7 Å². The summed E-state index contributed by atoms with van der Waals surface area (Å²) in [5.74, 6) is 2.03. The lowest BCUT2D eigenvalue weighted by Crippen LogP contribution is -2.13. The molecule has 0 N–H and O–H groups in total. The second kappa shape index (κ2) is 9.84. The van der Waals surface area contributed by atoms with E-state index in [1.165, 1.54) is 16.3 Å². The van der Waals surface area contributed by atoms with Crippen molar-refractivity contribution < 1.29 is 4.74 Å². The summed E-state index contributed by atoms with van der Waals surface area (Å²) in [6.07, 6.45) is 5.70. The average molecular weight is 541 g/mol. The van der Waals surface area contributed by atoms with Gasteiger partial charge in [-0.2, -0.15) is 0 Å². The zero-order valence-electron chi connectivity index (χ0n) is 24.9. The minimum absolute atomic E-state index is 0.0128. The third-order valence-corrected chi connectivity index (χ3v) is 7.59. The van der Waals surface area contributed by atoms with Crippen molar-refractivity contribution in [2.24, 2.45) is 0 Å². The summed E-state index contributed by atoms with van der Waals surface area (Å²) in [7, 11) is 0. The number of ether oxygens (including phenoxy) is 1. The SMILES string of the molecule is Cc1cc(Oc2cc(C(C)(C)C)ccn2)cc(-c2ccc3c4ccccc4n(-c4ncc(C(C)(C)C)cn4)c3c2)c1. The molecule has 3 heterocycles. The molecule has 0 bridgehead atoms. The second-order valence-electron chi connectivity index (χ2n) is 12.9. The van der Waals surface area contributed by atoms with E-state index in [9.17, 15) is 0 Å². The molecular weight excluding hydrogens is 504 g/mol. The van der Waals surface area contributed by atoms with Crippen molar-refractivity contribution >= 4 is 21.8 Å². The highest BCUT2D eigenvalue weighted by Gasteiger charge is 2.19. The van der Waals surface area contributed by atoms with E-state index in [1.807, 2.05) is 30.7 Å². The number of aryl methyl sites for hydroxylation is 1. The molecular formula is C36H36N4O. The van der Waals surface area contributed by atoms with Crippen LogP contribution in [0.15, 0.2) is 91.4 Å². The van der Waals surface area contributed by atoms with Crippen LogP contribution in [0.25, 0.3) is 38.9 Å². The van der Waals surface area contributed by atoms with Crippen molar-refractivity contribution in [2.45, 2.75) is 59.3 Å². The maximum Gasteiger partial charge on any atom is 0.234 e. The number of pyridine rings is 1. The first-order valence-corrected chi connectivity index (χ1v) is 14.1. The van der Waals surface area contributed by atoms with Crippen LogP contribution in [-0.2, 0) is 10.8 Å². The highest BCUT2D eigenvalue weighted by molar-refractivity contribution is 6.10. The summed E-state index contributed by atoms with van der Waals surface area (Å²) < 4.78 is 8.45. The number of nitrogens with zero attached hydrogens (tertiary/aromatic N) is 4. The Bertz CT molecular complexity index is 1890. The third-order valence-electron chi connectivity index (χ3n) is 7.59. The fourth-order valence-corrected chi connectivity index (χ4v) is 5.22. The zero-order chi connectivity index (χ0) is 28.9. The van der Waals surface area contributed by atoms with E-state index in [-0.39, 0.29) is 10.8 Å². The minimum Gasteiger partial charge on any atom is -0.439 e. The largest absolute Gasteiger partial charge is 0.439 e. The molecule has 3 aromatic carbocycles. The molecule has 6 aromatic rings. The third kappa shape index (κ3) is 5.20. The first kappa shape index (κ1) is 26.7. The molecule has 6 rings (SSSR count). The molecule has 206 valence electrons. The number of hydrogen-bond acceptors (Lipinski definition) is 4. The Morgan fingerprint density at radius 1 is 0.634 bits per heavy atom. The molecule has 0 radical (unpaired) electrons. The lowest BCUT2D eigenvalue weighted by molar-refractivity contribution is 0.458. The van der Waals surface area contributed by atoms with E-state index >= 15 is 0 Å². The summed E-state index contributed by atoms with van der Waals surface area (Å²) in [6, 6.07) is 25.4. The molecule has 0 aliphatic rings. The molecule has 0 unspecified atom stereocenters. The molecule has 0 saturated carbocycles. The van der Waals surface area contributed by atoms with Crippen molar-refractivity contribution in [1.29, 1.82) is 0 Å². The Hall–Kier alpha value is -4.51. The second-order valence-corrected chi connectivity index (χ2v) is 12.9. The Morgan fingerprint density at radius 3 is 2.07 bits per heavy atom. The van der Waals surface area contributed by atoms with E-state index < -0.39 is 0 Å². The van der Waals surface area contributed by atoms with Gasteiger partial charge in [0.1, 0.15) is 5.75 Å². The topological polar surface area (TPSA) is 52.8 Å². The normalized spacial score (nSPS) is 12.3. The van der Waals surface area contributed by atoms with Gasteiger partial charge in [0.05, 0.1) is 11.0 Å². The Labute approximate surface area is 241 Å². The van der Waals surface area contributed by atoms with E-state index in [0.717, 1.165) is 39.0 Å². The van der Waals surface area contributed by atoms with Crippen LogP contribution >= 0.6 is 0 Å². The quantitative estimate of drug-likeness (QED) is 0.223. The van der Waals surface area contributed by atoms with Gasteiger partial charge in [-0.1, -0.05) is 77.9 Å². The summed E-state index contributed by atoms with van der Waals surface area (Å²) in [5.41, 5.74) is 7.74. The lowest BCUT2D eigenvalue weighted by atomic mass is 9.88. The average Bonchev–Trinajstić information content (AvgIpc) is 3.26. The van der Waals surface area contributed by atoms with Gasteiger partial charge in [0.25, 0.3) is 0 Å². The van der Waals surface area contributed by atoms with Crippen molar-refractivity contribution in [1.82, 2.24) is 19.5 Å². The maximum atomic E-state index is 6.29. The molecule has 0 aliphatic carbocycles. The van der Waals surface area contributed by atoms with Crippen LogP contribution in [0.4, 0.5) is 0 Å². The van der Waals surface area contributed by atoms with Crippen molar-refractivity contribution in [3.05, 3.63) is 108 Å². The lowest BCUT2D eigenvalue weighted by Gasteiger charge is -2.19. The first-order chi connectivity index (χ1) is 19.5. The van der Waals surface area contributed by atoms with E-state index in [4.69, 9.17) is 14.7 Å². The fraction of sp³-hybridized carbons (Fsp3) is 0.250. The molecule has 0 atom stereocenters. The van der Waals surface area contributed by atoms with Crippen LogP contribution in [0.3, 0.4) is 0 Å². The highest BCUT2D eigenvalue weighted by atomic mass is 16.5. The van der Waals surface area contributed by atoms with Gasteiger partial charge < -0.3 is 4.74 Å². The summed E-state index contributed by atoms with van der Waals surface area (Å²) in [5, 5.41) is 2.34. The Morgan fingerprint density at radius 2 is 1.34 bits per heavy atom. The fourth-order valence-electron chi connectivity index (χ4n) is 5.22. The van der Waals surface area contributed by atoms with Crippen LogP contribution in [0.1, 0.15) is 58.2 Å². The Kier molecular flexibility index (Phi) is 6.41. The van der Waals surface area contributed by atoms with Gasteiger partial charge in [0.2, 0.25) is 11.8 Å². The number of para-hydroxylation sites is 1. The number of benzene rings is 3. The highest BCUT2D eigenvalue weighted by Crippen LogP contribution is 2.36. The Balaban J connectivity index is 1.45. The van der Waals surface area contributed by atoms with E-state index in [1.54, 1.807) is 0 Å². The molecule has 3 aromatic heterocycles. The molecule has 0 fully saturated rings. The van der Waals surface area contributed by atoms with Crippen LogP contribution in [0, 0.1) is 6.92 Å². The van der Waals surface area contributed by atoms with Crippen molar-refractivity contribution in [2.75, 3.05) is 0 Å². The predicted octanol–water partition coefficient (Wildman–Crippen LogP) is 9.33. The van der Waals surface area contributed by atoms with E-state index in [2.05, 4.69) is 119 Å². The van der Waals surface area contributed by atoms with Crippen LogP contribution in [-0.4, -0.2) is 19.5 Å². The summed E-state index contributed by atoms with van der Waals surface area (Å²) in [6.45, 7) is 15.2. The van der Waals surface area contributed by atoms with Crippen LogP contribution in [0.5, 0.6) is 11.6 Å². The van der Waals surface area contributed by atoms with Gasteiger partial charge >= 0.3 is 0 Å². The molecule has 0 saturated heterocycles. The molecule has 0 amide bonds. The molecule has 0 aliphatic heterocycles. The van der Waals surface area contributed by atoms with E-state index in [0.29, 0.717) is 11.8 Å². The van der Waals surface area contributed by atoms with Crippen LogP contribution in [0.2, 0.25) is 0 Å². The number of hydrogen-bond donors (Lipinski definition) is 0. The van der Waals surface area contributed by atoms with Gasteiger partial charge in [-0.3, -0.25) is 4.57 Å². The predicted molar refractivity (Wildman–Crippen MR) is 168 cm³/mol. The molecule has 41 heavy (non-hydrogen) atoms. The molecule has 5 heteroatoms. The monoisotopic (exact) mass is 540 g/mol. The van der Waals surface area contributed by atoms with Gasteiger partial charge in [-0.15, -0.1) is 0 Å². The van der Waals surface area contributed by atoms with Gasteiger partial charge in [0.15, 0.2) is 0 Å². The molecule has 0 spiro atoms.